The van der Waals surface area contributed by atoms with Crippen LogP contribution in [0.4, 0.5) is 8.78 Å². The summed E-state index contributed by atoms with van der Waals surface area (Å²) in [6.07, 6.45) is -0.631. The van der Waals surface area contributed by atoms with Crippen LogP contribution >= 0.6 is 11.3 Å². The number of rotatable bonds is 4. The van der Waals surface area contributed by atoms with E-state index in [4.69, 9.17) is 0 Å². The van der Waals surface area contributed by atoms with Gasteiger partial charge in [0, 0.05) is 11.6 Å². The Morgan fingerprint density at radius 2 is 2.42 bits per heavy atom. The van der Waals surface area contributed by atoms with Crippen LogP contribution in [-0.4, -0.2) is 18.0 Å². The van der Waals surface area contributed by atoms with Crippen molar-refractivity contribution in [2.24, 2.45) is 0 Å². The number of nitrogens with zero attached hydrogens (tertiary/aromatic N) is 1. The Morgan fingerprint density at radius 1 is 1.67 bits per heavy atom. The molecule has 0 saturated heterocycles. The number of nitrogens with one attached hydrogen (secondary N) is 1. The summed E-state index contributed by atoms with van der Waals surface area (Å²) in [7, 11) is 0. The van der Waals surface area contributed by atoms with Gasteiger partial charge in [-0.2, -0.15) is 0 Å². The molecule has 0 aromatic carbocycles. The maximum atomic E-state index is 11.8. The van der Waals surface area contributed by atoms with E-state index in [0.717, 1.165) is 5.01 Å². The van der Waals surface area contributed by atoms with E-state index in [9.17, 15) is 8.78 Å². The van der Waals surface area contributed by atoms with Crippen LogP contribution in [-0.2, 0) is 0 Å². The first-order valence-corrected chi connectivity index (χ1v) is 4.49. The van der Waals surface area contributed by atoms with Gasteiger partial charge in [-0.25, -0.2) is 13.8 Å². The second-order valence-electron chi connectivity index (χ2n) is 2.39. The van der Waals surface area contributed by atoms with Crippen LogP contribution in [0.5, 0.6) is 0 Å². The number of thiazole rings is 1. The highest BCUT2D eigenvalue weighted by molar-refractivity contribution is 7.09. The zero-order chi connectivity index (χ0) is 8.97. The summed E-state index contributed by atoms with van der Waals surface area (Å²) in [5, 5.41) is 5.35. The zero-order valence-electron chi connectivity index (χ0n) is 6.63. The Morgan fingerprint density at radius 3 is 2.92 bits per heavy atom. The summed E-state index contributed by atoms with van der Waals surface area (Å²) in [6.45, 7) is 1.54. The van der Waals surface area contributed by atoms with E-state index in [0.29, 0.717) is 0 Å². The molecule has 0 spiro atoms. The number of halogens is 2. The molecule has 1 aromatic rings. The molecule has 1 unspecified atom stereocenters. The summed E-state index contributed by atoms with van der Waals surface area (Å²) in [5.74, 6) is 0. The first kappa shape index (κ1) is 9.54. The Kier molecular flexibility index (Phi) is 3.55. The predicted octanol–water partition coefficient (Wildman–Crippen LogP) is 2.06. The first-order chi connectivity index (χ1) is 5.70. The van der Waals surface area contributed by atoms with Crippen LogP contribution in [0.25, 0.3) is 0 Å². The molecule has 0 fully saturated rings. The van der Waals surface area contributed by atoms with Gasteiger partial charge < -0.3 is 5.32 Å². The fraction of sp³-hybridized carbons (Fsp3) is 0.571. The van der Waals surface area contributed by atoms with Crippen LogP contribution in [0, 0.1) is 0 Å². The van der Waals surface area contributed by atoms with Crippen molar-refractivity contribution in [2.75, 3.05) is 6.54 Å². The van der Waals surface area contributed by atoms with E-state index in [1.807, 2.05) is 12.3 Å². The Hall–Kier alpha value is -0.550. The van der Waals surface area contributed by atoms with E-state index in [1.54, 1.807) is 6.20 Å². The van der Waals surface area contributed by atoms with Gasteiger partial charge in [-0.1, -0.05) is 0 Å². The minimum atomic E-state index is -2.30. The lowest BCUT2D eigenvalue weighted by atomic mass is 10.3. The second-order valence-corrected chi connectivity index (χ2v) is 3.32. The lowest BCUT2D eigenvalue weighted by molar-refractivity contribution is 0.142. The van der Waals surface area contributed by atoms with Gasteiger partial charge >= 0.3 is 0 Å². The monoisotopic (exact) mass is 192 g/mol. The zero-order valence-corrected chi connectivity index (χ0v) is 7.44. The summed E-state index contributed by atoms with van der Waals surface area (Å²) in [6, 6.07) is -0.0843. The molecule has 0 aliphatic carbocycles. The fourth-order valence-electron chi connectivity index (χ4n) is 0.802. The van der Waals surface area contributed by atoms with Crippen molar-refractivity contribution in [3.8, 4) is 0 Å². The predicted molar refractivity (Wildman–Crippen MR) is 44.5 cm³/mol. The molecule has 5 heteroatoms. The fourth-order valence-corrected chi connectivity index (χ4v) is 1.47. The number of hydrogen-bond donors (Lipinski definition) is 1. The van der Waals surface area contributed by atoms with E-state index < -0.39 is 6.43 Å². The van der Waals surface area contributed by atoms with Gasteiger partial charge in [0.2, 0.25) is 0 Å². The van der Waals surface area contributed by atoms with Crippen LogP contribution in [0.1, 0.15) is 18.0 Å². The van der Waals surface area contributed by atoms with Crippen molar-refractivity contribution >= 4 is 11.3 Å². The van der Waals surface area contributed by atoms with E-state index >= 15 is 0 Å². The normalized spacial score (nSPS) is 13.7. The van der Waals surface area contributed by atoms with Gasteiger partial charge in [0.25, 0.3) is 6.43 Å². The third-order valence-electron chi connectivity index (χ3n) is 1.40. The minimum Gasteiger partial charge on any atom is -0.303 e. The summed E-state index contributed by atoms with van der Waals surface area (Å²) < 4.78 is 23.5. The smallest absolute Gasteiger partial charge is 0.250 e. The maximum Gasteiger partial charge on any atom is 0.250 e. The highest BCUT2D eigenvalue weighted by Gasteiger charge is 2.09. The van der Waals surface area contributed by atoms with Crippen LogP contribution in [0.3, 0.4) is 0 Å². The standard InChI is InChI=1S/C7H10F2N2S/c1-5(11-4-6(8)9)7-10-2-3-12-7/h2-3,5-6,11H,4H2,1H3. The summed E-state index contributed by atoms with van der Waals surface area (Å²) in [4.78, 5) is 4.01. The molecule has 12 heavy (non-hydrogen) atoms. The van der Waals surface area contributed by atoms with Gasteiger partial charge in [-0.15, -0.1) is 11.3 Å². The minimum absolute atomic E-state index is 0.0843. The number of alkyl halides is 2. The maximum absolute atomic E-state index is 11.8. The van der Waals surface area contributed by atoms with E-state index in [2.05, 4.69) is 10.3 Å². The first-order valence-electron chi connectivity index (χ1n) is 3.61. The lowest BCUT2D eigenvalue weighted by Crippen LogP contribution is -2.24. The molecular weight excluding hydrogens is 182 g/mol. The highest BCUT2D eigenvalue weighted by Crippen LogP contribution is 2.14. The molecule has 0 bridgehead atoms. The highest BCUT2D eigenvalue weighted by atomic mass is 32.1. The molecule has 1 N–H and O–H groups in total. The molecule has 0 radical (unpaired) electrons. The van der Waals surface area contributed by atoms with Crippen LogP contribution in [0.15, 0.2) is 11.6 Å². The molecule has 0 saturated carbocycles. The Balaban J connectivity index is 2.34. The van der Waals surface area contributed by atoms with Crippen molar-refractivity contribution in [1.29, 1.82) is 0 Å². The molecular formula is C7H10F2N2S. The van der Waals surface area contributed by atoms with Crippen molar-refractivity contribution in [3.63, 3.8) is 0 Å². The van der Waals surface area contributed by atoms with Crippen LogP contribution in [0.2, 0.25) is 0 Å². The molecule has 0 aliphatic rings. The SMILES string of the molecule is CC(NCC(F)F)c1nccs1. The van der Waals surface area contributed by atoms with Gasteiger partial charge in [0.15, 0.2) is 0 Å². The van der Waals surface area contributed by atoms with Crippen molar-refractivity contribution in [3.05, 3.63) is 16.6 Å². The number of aromatic nitrogens is 1. The topological polar surface area (TPSA) is 24.9 Å². The Bertz CT molecular complexity index is 213. The van der Waals surface area contributed by atoms with Crippen molar-refractivity contribution in [1.82, 2.24) is 10.3 Å². The second kappa shape index (κ2) is 4.47. The van der Waals surface area contributed by atoms with E-state index in [-0.39, 0.29) is 12.6 Å². The molecule has 0 aliphatic heterocycles. The molecule has 1 atom stereocenters. The van der Waals surface area contributed by atoms with Crippen LogP contribution < -0.4 is 5.32 Å². The average Bonchev–Trinajstić information content (AvgIpc) is 2.51. The largest absolute Gasteiger partial charge is 0.303 e. The average molecular weight is 192 g/mol. The molecule has 1 heterocycles. The number of hydrogen-bond acceptors (Lipinski definition) is 3. The summed E-state index contributed by atoms with van der Waals surface area (Å²) in [5.41, 5.74) is 0. The Labute approximate surface area is 73.6 Å². The van der Waals surface area contributed by atoms with E-state index in [1.165, 1.54) is 11.3 Å². The molecule has 2 nitrogen and oxygen atoms in total. The van der Waals surface area contributed by atoms with Crippen molar-refractivity contribution in [2.45, 2.75) is 19.4 Å². The molecule has 68 valence electrons. The van der Waals surface area contributed by atoms with Crippen molar-refractivity contribution < 1.29 is 8.78 Å². The molecule has 0 amide bonds. The van der Waals surface area contributed by atoms with Gasteiger partial charge in [0.05, 0.1) is 12.6 Å². The molecule has 1 rings (SSSR count). The molecule has 1 aromatic heterocycles. The van der Waals surface area contributed by atoms with Gasteiger partial charge in [-0.05, 0) is 6.92 Å². The third kappa shape index (κ3) is 2.83. The van der Waals surface area contributed by atoms with Gasteiger partial charge in [-0.3, -0.25) is 0 Å². The van der Waals surface area contributed by atoms with Gasteiger partial charge in [0.1, 0.15) is 5.01 Å². The quantitative estimate of drug-likeness (QED) is 0.789. The lowest BCUT2D eigenvalue weighted by Gasteiger charge is -2.09. The summed E-state index contributed by atoms with van der Waals surface area (Å²) >= 11 is 1.46. The third-order valence-corrected chi connectivity index (χ3v) is 2.36.